The fourth-order valence-electron chi connectivity index (χ4n) is 2.39. The molecule has 2 fully saturated rings. The standard InChI is InChI=1S/C11H22N2/c1-8(9-2-3-9)7-13-11-5-4-10(12)6-11/h8-11,13H,2-7,12H2,1H3. The number of nitrogens with one attached hydrogen (secondary N) is 1. The summed E-state index contributed by atoms with van der Waals surface area (Å²) in [6.07, 6.45) is 6.63. The molecular weight excluding hydrogens is 160 g/mol. The molecule has 2 nitrogen and oxygen atoms in total. The predicted octanol–water partition coefficient (Wildman–Crippen LogP) is 1.50. The minimum atomic E-state index is 0.466. The molecule has 2 rings (SSSR count). The van der Waals surface area contributed by atoms with Gasteiger partial charge >= 0.3 is 0 Å². The lowest BCUT2D eigenvalue weighted by atomic mass is 10.1. The van der Waals surface area contributed by atoms with Gasteiger partial charge in [0.2, 0.25) is 0 Å². The van der Waals surface area contributed by atoms with E-state index >= 15 is 0 Å². The summed E-state index contributed by atoms with van der Waals surface area (Å²) in [4.78, 5) is 0. The van der Waals surface area contributed by atoms with Gasteiger partial charge in [-0.05, 0) is 50.5 Å². The highest BCUT2D eigenvalue weighted by atomic mass is 14.9. The Bertz CT molecular complexity index is 165. The molecule has 13 heavy (non-hydrogen) atoms. The predicted molar refractivity (Wildman–Crippen MR) is 55.5 cm³/mol. The van der Waals surface area contributed by atoms with Gasteiger partial charge in [-0.2, -0.15) is 0 Å². The van der Waals surface area contributed by atoms with Gasteiger partial charge < -0.3 is 11.1 Å². The summed E-state index contributed by atoms with van der Waals surface area (Å²) in [5.74, 6) is 1.92. The SMILES string of the molecule is CC(CNC1CCC(N)C1)C1CC1. The van der Waals surface area contributed by atoms with Crippen LogP contribution in [0.4, 0.5) is 0 Å². The first-order chi connectivity index (χ1) is 6.25. The van der Waals surface area contributed by atoms with Gasteiger partial charge in [-0.25, -0.2) is 0 Å². The molecule has 0 aromatic rings. The summed E-state index contributed by atoms with van der Waals surface area (Å²) in [7, 11) is 0. The molecule has 0 bridgehead atoms. The van der Waals surface area contributed by atoms with E-state index in [9.17, 15) is 0 Å². The van der Waals surface area contributed by atoms with Crippen molar-refractivity contribution in [1.29, 1.82) is 0 Å². The third-order valence-corrected chi connectivity index (χ3v) is 3.63. The van der Waals surface area contributed by atoms with E-state index in [0.717, 1.165) is 17.9 Å². The Labute approximate surface area is 81.3 Å². The number of rotatable bonds is 4. The van der Waals surface area contributed by atoms with Gasteiger partial charge in [0.1, 0.15) is 0 Å². The fourth-order valence-corrected chi connectivity index (χ4v) is 2.39. The maximum atomic E-state index is 5.86. The lowest BCUT2D eigenvalue weighted by Gasteiger charge is -2.16. The molecular formula is C11H22N2. The maximum absolute atomic E-state index is 5.86. The Balaban J connectivity index is 1.61. The van der Waals surface area contributed by atoms with E-state index in [-0.39, 0.29) is 0 Å². The monoisotopic (exact) mass is 182 g/mol. The Morgan fingerprint density at radius 1 is 1.31 bits per heavy atom. The molecule has 2 saturated carbocycles. The molecule has 76 valence electrons. The second kappa shape index (κ2) is 3.97. The van der Waals surface area contributed by atoms with Gasteiger partial charge in [-0.3, -0.25) is 0 Å². The van der Waals surface area contributed by atoms with Crippen molar-refractivity contribution >= 4 is 0 Å². The van der Waals surface area contributed by atoms with Crippen molar-refractivity contribution in [3.63, 3.8) is 0 Å². The van der Waals surface area contributed by atoms with Crippen LogP contribution in [0.25, 0.3) is 0 Å². The smallest absolute Gasteiger partial charge is 0.00824 e. The average Bonchev–Trinajstić information content (AvgIpc) is 2.87. The normalized spacial score (nSPS) is 36.5. The van der Waals surface area contributed by atoms with Crippen LogP contribution in [-0.2, 0) is 0 Å². The molecule has 3 unspecified atom stereocenters. The first-order valence-corrected chi connectivity index (χ1v) is 5.74. The third kappa shape index (κ3) is 2.68. The molecule has 2 heteroatoms. The van der Waals surface area contributed by atoms with Crippen LogP contribution in [0.5, 0.6) is 0 Å². The van der Waals surface area contributed by atoms with Crippen molar-refractivity contribution in [2.45, 2.75) is 51.1 Å². The van der Waals surface area contributed by atoms with Gasteiger partial charge in [-0.15, -0.1) is 0 Å². The van der Waals surface area contributed by atoms with Crippen LogP contribution in [0.3, 0.4) is 0 Å². The van der Waals surface area contributed by atoms with Crippen molar-refractivity contribution in [1.82, 2.24) is 5.32 Å². The molecule has 0 aliphatic heterocycles. The van der Waals surface area contributed by atoms with Gasteiger partial charge in [0, 0.05) is 12.1 Å². The van der Waals surface area contributed by atoms with Crippen LogP contribution in [0.1, 0.15) is 39.0 Å². The summed E-state index contributed by atoms with van der Waals surface area (Å²) in [6, 6.07) is 1.19. The Morgan fingerprint density at radius 2 is 2.08 bits per heavy atom. The van der Waals surface area contributed by atoms with E-state index in [2.05, 4.69) is 12.2 Å². The minimum absolute atomic E-state index is 0.466. The molecule has 0 saturated heterocycles. The molecule has 0 aromatic carbocycles. The first-order valence-electron chi connectivity index (χ1n) is 5.74. The van der Waals surface area contributed by atoms with Crippen molar-refractivity contribution in [2.75, 3.05) is 6.54 Å². The van der Waals surface area contributed by atoms with E-state index in [1.165, 1.54) is 38.6 Å². The topological polar surface area (TPSA) is 38.0 Å². The average molecular weight is 182 g/mol. The van der Waals surface area contributed by atoms with Gasteiger partial charge in [0.05, 0.1) is 0 Å². The zero-order valence-electron chi connectivity index (χ0n) is 8.63. The zero-order valence-corrected chi connectivity index (χ0v) is 8.63. The lowest BCUT2D eigenvalue weighted by molar-refractivity contribution is 0.415. The second-order valence-electron chi connectivity index (χ2n) is 4.99. The molecule has 0 amide bonds. The quantitative estimate of drug-likeness (QED) is 0.691. The Kier molecular flexibility index (Phi) is 2.89. The molecule has 0 spiro atoms. The number of hydrogen-bond donors (Lipinski definition) is 2. The van der Waals surface area contributed by atoms with Crippen molar-refractivity contribution in [3.8, 4) is 0 Å². The highest BCUT2D eigenvalue weighted by Gasteiger charge is 2.29. The van der Waals surface area contributed by atoms with Crippen LogP contribution < -0.4 is 11.1 Å². The third-order valence-electron chi connectivity index (χ3n) is 3.63. The van der Waals surface area contributed by atoms with E-state index < -0.39 is 0 Å². The van der Waals surface area contributed by atoms with Crippen LogP contribution >= 0.6 is 0 Å². The number of nitrogens with two attached hydrogens (primary N) is 1. The van der Waals surface area contributed by atoms with E-state index in [1.807, 2.05) is 0 Å². The van der Waals surface area contributed by atoms with E-state index in [0.29, 0.717) is 6.04 Å². The number of hydrogen-bond acceptors (Lipinski definition) is 2. The highest BCUT2D eigenvalue weighted by molar-refractivity contribution is 4.85. The summed E-state index contributed by atoms with van der Waals surface area (Å²) in [6.45, 7) is 3.58. The molecule has 0 heterocycles. The van der Waals surface area contributed by atoms with Crippen LogP contribution in [-0.4, -0.2) is 18.6 Å². The summed E-state index contributed by atoms with van der Waals surface area (Å²) in [5, 5.41) is 3.65. The summed E-state index contributed by atoms with van der Waals surface area (Å²) >= 11 is 0. The Hall–Kier alpha value is -0.0800. The molecule has 3 atom stereocenters. The van der Waals surface area contributed by atoms with Gasteiger partial charge in [0.15, 0.2) is 0 Å². The van der Waals surface area contributed by atoms with E-state index in [1.54, 1.807) is 0 Å². The van der Waals surface area contributed by atoms with Crippen LogP contribution in [0.2, 0.25) is 0 Å². The molecule has 2 aliphatic rings. The second-order valence-corrected chi connectivity index (χ2v) is 4.99. The van der Waals surface area contributed by atoms with Gasteiger partial charge in [0.25, 0.3) is 0 Å². The summed E-state index contributed by atoms with van der Waals surface area (Å²) < 4.78 is 0. The van der Waals surface area contributed by atoms with Gasteiger partial charge in [-0.1, -0.05) is 6.92 Å². The summed E-state index contributed by atoms with van der Waals surface area (Å²) in [5.41, 5.74) is 5.86. The molecule has 2 aliphatic carbocycles. The largest absolute Gasteiger partial charge is 0.328 e. The van der Waals surface area contributed by atoms with Crippen LogP contribution in [0.15, 0.2) is 0 Å². The fraction of sp³-hybridized carbons (Fsp3) is 1.00. The van der Waals surface area contributed by atoms with Crippen LogP contribution in [0, 0.1) is 11.8 Å². The maximum Gasteiger partial charge on any atom is 0.00824 e. The van der Waals surface area contributed by atoms with Crippen molar-refractivity contribution in [2.24, 2.45) is 17.6 Å². The van der Waals surface area contributed by atoms with Crippen molar-refractivity contribution < 1.29 is 0 Å². The molecule has 0 radical (unpaired) electrons. The molecule has 0 aromatic heterocycles. The minimum Gasteiger partial charge on any atom is -0.328 e. The van der Waals surface area contributed by atoms with E-state index in [4.69, 9.17) is 5.73 Å². The van der Waals surface area contributed by atoms with Crippen molar-refractivity contribution in [3.05, 3.63) is 0 Å². The Morgan fingerprint density at radius 3 is 2.62 bits per heavy atom. The zero-order chi connectivity index (χ0) is 9.26. The lowest BCUT2D eigenvalue weighted by Crippen LogP contribution is -2.32. The molecule has 3 N–H and O–H groups in total. The highest BCUT2D eigenvalue weighted by Crippen LogP contribution is 2.36. The first kappa shape index (κ1) is 9.47.